The summed E-state index contributed by atoms with van der Waals surface area (Å²) in [6, 6.07) is 17.4. The first-order valence-electron chi connectivity index (χ1n) is 11.8. The number of benzene rings is 3. The van der Waals surface area contributed by atoms with Crippen LogP contribution in [0.15, 0.2) is 54.6 Å². The van der Waals surface area contributed by atoms with Gasteiger partial charge in [0.05, 0.1) is 31.2 Å². The fourth-order valence-corrected chi connectivity index (χ4v) is 4.75. The number of amides is 2. The van der Waals surface area contributed by atoms with E-state index in [1.54, 1.807) is 12.1 Å². The molecule has 1 heterocycles. The molecule has 1 aliphatic heterocycles. The third kappa shape index (κ3) is 4.49. The zero-order chi connectivity index (χ0) is 25.2. The van der Waals surface area contributed by atoms with Gasteiger partial charge in [0.25, 0.3) is 5.91 Å². The van der Waals surface area contributed by atoms with Crippen molar-refractivity contribution in [2.45, 2.75) is 31.8 Å². The number of hydrogen-bond donors (Lipinski definition) is 3. The molecule has 0 fully saturated rings. The SMILES string of the molecule is COC(=O)CC[C@H]1NC(=O)c2cc(OC)c(NCc3ccc4c(c3)-c3ccccc3C4)cc2NC1=O. The number of methoxy groups -OCH3 is 2. The van der Waals surface area contributed by atoms with Gasteiger partial charge in [0, 0.05) is 13.0 Å². The van der Waals surface area contributed by atoms with Crippen molar-refractivity contribution in [3.63, 3.8) is 0 Å². The summed E-state index contributed by atoms with van der Waals surface area (Å²) in [6.45, 7) is 0.534. The molecule has 2 aliphatic rings. The molecule has 3 aromatic rings. The number of esters is 1. The van der Waals surface area contributed by atoms with Crippen molar-refractivity contribution in [1.82, 2.24) is 5.32 Å². The van der Waals surface area contributed by atoms with Gasteiger partial charge in [-0.2, -0.15) is 0 Å². The van der Waals surface area contributed by atoms with Gasteiger partial charge in [0.2, 0.25) is 5.91 Å². The Morgan fingerprint density at radius 1 is 1.00 bits per heavy atom. The molecule has 3 aromatic carbocycles. The highest BCUT2D eigenvalue weighted by molar-refractivity contribution is 6.10. The van der Waals surface area contributed by atoms with Crippen LogP contribution >= 0.6 is 0 Å². The molecule has 1 atom stereocenters. The molecule has 3 N–H and O–H groups in total. The van der Waals surface area contributed by atoms with Gasteiger partial charge in [-0.15, -0.1) is 0 Å². The lowest BCUT2D eigenvalue weighted by molar-refractivity contribution is -0.140. The van der Waals surface area contributed by atoms with Crippen LogP contribution in [0, 0.1) is 0 Å². The van der Waals surface area contributed by atoms with Crippen LogP contribution in [0.4, 0.5) is 11.4 Å². The molecule has 8 nitrogen and oxygen atoms in total. The molecular weight excluding hydrogens is 458 g/mol. The molecule has 2 amide bonds. The van der Waals surface area contributed by atoms with Gasteiger partial charge in [-0.3, -0.25) is 14.4 Å². The van der Waals surface area contributed by atoms with Crippen LogP contribution in [-0.4, -0.2) is 38.0 Å². The summed E-state index contributed by atoms with van der Waals surface area (Å²) in [7, 11) is 2.82. The normalized spacial score (nSPS) is 15.6. The van der Waals surface area contributed by atoms with Crippen molar-refractivity contribution in [2.24, 2.45) is 0 Å². The largest absolute Gasteiger partial charge is 0.495 e. The topological polar surface area (TPSA) is 106 Å². The molecule has 1 aliphatic carbocycles. The van der Waals surface area contributed by atoms with E-state index in [1.807, 2.05) is 0 Å². The zero-order valence-electron chi connectivity index (χ0n) is 20.1. The molecule has 0 saturated heterocycles. The van der Waals surface area contributed by atoms with Crippen LogP contribution in [0.25, 0.3) is 11.1 Å². The number of carbonyl (C=O) groups is 3. The second-order valence-electron chi connectivity index (χ2n) is 8.91. The maximum absolute atomic E-state index is 12.8. The molecule has 0 saturated carbocycles. The monoisotopic (exact) mass is 485 g/mol. The lowest BCUT2D eigenvalue weighted by atomic mass is 10.0. The number of nitrogens with one attached hydrogen (secondary N) is 3. The summed E-state index contributed by atoms with van der Waals surface area (Å²) >= 11 is 0. The Morgan fingerprint density at radius 3 is 2.61 bits per heavy atom. The standard InChI is InChI=1S/C28H27N3O5/c1-35-25-13-21-23(31-28(34)22(30-27(21)33)9-10-26(32)36-2)14-24(25)29-15-16-7-8-18-12-17-5-3-4-6-19(17)20(18)11-16/h3-8,11,13-14,22,29H,9-10,12,15H2,1-2H3,(H,30,33)(H,31,34)/t22-/m1/s1. The lowest BCUT2D eigenvalue weighted by Crippen LogP contribution is -2.41. The summed E-state index contributed by atoms with van der Waals surface area (Å²) in [6.07, 6.45) is 1.11. The van der Waals surface area contributed by atoms with E-state index >= 15 is 0 Å². The van der Waals surface area contributed by atoms with Gasteiger partial charge >= 0.3 is 5.97 Å². The predicted octanol–water partition coefficient (Wildman–Crippen LogP) is 3.88. The van der Waals surface area contributed by atoms with Crippen LogP contribution in [0.2, 0.25) is 0 Å². The number of hydrogen-bond acceptors (Lipinski definition) is 6. The van der Waals surface area contributed by atoms with Crippen molar-refractivity contribution >= 4 is 29.2 Å². The van der Waals surface area contributed by atoms with Gasteiger partial charge < -0.3 is 25.4 Å². The van der Waals surface area contributed by atoms with Crippen molar-refractivity contribution in [2.75, 3.05) is 24.9 Å². The molecule has 8 heteroatoms. The quantitative estimate of drug-likeness (QED) is 0.343. The second-order valence-corrected chi connectivity index (χ2v) is 8.91. The van der Waals surface area contributed by atoms with Gasteiger partial charge in [0.1, 0.15) is 11.8 Å². The minimum absolute atomic E-state index is 0.0204. The third-order valence-electron chi connectivity index (χ3n) is 6.67. The number of anilines is 2. The Morgan fingerprint density at radius 2 is 1.81 bits per heavy atom. The van der Waals surface area contributed by atoms with E-state index in [4.69, 9.17) is 4.74 Å². The van der Waals surface area contributed by atoms with E-state index in [0.717, 1.165) is 12.0 Å². The van der Waals surface area contributed by atoms with Crippen molar-refractivity contribution in [3.8, 4) is 16.9 Å². The summed E-state index contributed by atoms with van der Waals surface area (Å²) in [5.74, 6) is -0.764. The van der Waals surface area contributed by atoms with Crippen LogP contribution < -0.4 is 20.7 Å². The lowest BCUT2D eigenvalue weighted by Gasteiger charge is -2.15. The maximum Gasteiger partial charge on any atom is 0.305 e. The van der Waals surface area contributed by atoms with Crippen molar-refractivity contribution in [3.05, 3.63) is 76.9 Å². The fraction of sp³-hybridized carbons (Fsp3) is 0.250. The first-order chi connectivity index (χ1) is 17.5. The minimum atomic E-state index is -0.847. The van der Waals surface area contributed by atoms with Crippen LogP contribution in [0.1, 0.15) is 39.9 Å². The van der Waals surface area contributed by atoms with Crippen LogP contribution in [0.5, 0.6) is 5.75 Å². The average molecular weight is 486 g/mol. The number of carbonyl (C=O) groups excluding carboxylic acids is 3. The molecule has 0 bridgehead atoms. The Hall–Kier alpha value is -4.33. The van der Waals surface area contributed by atoms with E-state index in [9.17, 15) is 14.4 Å². The first kappa shape index (κ1) is 23.4. The molecule has 5 rings (SSSR count). The average Bonchev–Trinajstić information content (AvgIpc) is 3.21. The second kappa shape index (κ2) is 9.73. The molecular formula is C28H27N3O5. The molecule has 36 heavy (non-hydrogen) atoms. The van der Waals surface area contributed by atoms with E-state index in [-0.39, 0.29) is 18.7 Å². The maximum atomic E-state index is 12.8. The van der Waals surface area contributed by atoms with Crippen LogP contribution in [0.3, 0.4) is 0 Å². The number of ether oxygens (including phenoxy) is 2. The highest BCUT2D eigenvalue weighted by Gasteiger charge is 2.29. The Labute approximate surface area is 209 Å². The highest BCUT2D eigenvalue weighted by Crippen LogP contribution is 2.37. The smallest absolute Gasteiger partial charge is 0.305 e. The summed E-state index contributed by atoms with van der Waals surface area (Å²) < 4.78 is 10.2. The van der Waals surface area contributed by atoms with Gasteiger partial charge in [-0.05, 0) is 58.9 Å². The fourth-order valence-electron chi connectivity index (χ4n) is 4.75. The highest BCUT2D eigenvalue weighted by atomic mass is 16.5. The van der Waals surface area contributed by atoms with E-state index in [0.29, 0.717) is 29.2 Å². The first-order valence-corrected chi connectivity index (χ1v) is 11.8. The predicted molar refractivity (Wildman–Crippen MR) is 136 cm³/mol. The number of rotatable bonds is 7. The molecule has 0 radical (unpaired) electrons. The molecule has 0 aromatic heterocycles. The summed E-state index contributed by atoms with van der Waals surface area (Å²) in [5, 5.41) is 8.89. The number of fused-ring (bicyclic) bond motifs is 4. The summed E-state index contributed by atoms with van der Waals surface area (Å²) in [4.78, 5) is 37.1. The van der Waals surface area contributed by atoms with Crippen LogP contribution in [-0.2, 0) is 27.3 Å². The van der Waals surface area contributed by atoms with Gasteiger partial charge in [-0.1, -0.05) is 36.4 Å². The summed E-state index contributed by atoms with van der Waals surface area (Å²) in [5.41, 5.74) is 7.60. The van der Waals surface area contributed by atoms with E-state index in [2.05, 4.69) is 63.2 Å². The third-order valence-corrected chi connectivity index (χ3v) is 6.67. The molecule has 184 valence electrons. The van der Waals surface area contributed by atoms with Crippen molar-refractivity contribution in [1.29, 1.82) is 0 Å². The van der Waals surface area contributed by atoms with Gasteiger partial charge in [-0.25, -0.2) is 0 Å². The van der Waals surface area contributed by atoms with Gasteiger partial charge in [0.15, 0.2) is 0 Å². The minimum Gasteiger partial charge on any atom is -0.495 e. The zero-order valence-corrected chi connectivity index (χ0v) is 20.1. The molecule has 0 unspecified atom stereocenters. The Kier molecular flexibility index (Phi) is 6.33. The van der Waals surface area contributed by atoms with Crippen molar-refractivity contribution < 1.29 is 23.9 Å². The molecule has 0 spiro atoms. The van der Waals surface area contributed by atoms with E-state index < -0.39 is 17.9 Å². The van der Waals surface area contributed by atoms with E-state index in [1.165, 1.54) is 36.5 Å². The Bertz CT molecular complexity index is 1370. The Balaban J connectivity index is 1.35.